The van der Waals surface area contributed by atoms with Crippen LogP contribution in [0.5, 0.6) is 0 Å². The first-order valence-corrected chi connectivity index (χ1v) is 12.0. The van der Waals surface area contributed by atoms with Gasteiger partial charge < -0.3 is 21.5 Å². The number of benzene rings is 2. The Morgan fingerprint density at radius 3 is 1.71 bits per heavy atom. The minimum Gasteiger partial charge on any atom is -1.00 e. The lowest BCUT2D eigenvalue weighted by Gasteiger charge is -2.30. The number of unbranched alkanes of at least 4 members (excludes halogenated alkanes) is 9. The first-order valence-electron chi connectivity index (χ1n) is 12.0. The number of nitrogens with zero attached hydrogens (tertiary/aromatic N) is 1. The van der Waals surface area contributed by atoms with Gasteiger partial charge in [-0.05, 0) is 12.8 Å². The van der Waals surface area contributed by atoms with Gasteiger partial charge in [-0.25, -0.2) is 0 Å². The summed E-state index contributed by atoms with van der Waals surface area (Å²) in [6, 6.07) is 17.7. The van der Waals surface area contributed by atoms with Crippen molar-refractivity contribution >= 4 is 5.78 Å². The summed E-state index contributed by atoms with van der Waals surface area (Å²) >= 11 is 0. The quantitative estimate of drug-likeness (QED) is 0.206. The molecule has 0 unspecified atom stereocenters. The predicted octanol–water partition coefficient (Wildman–Crippen LogP) is 4.42. The van der Waals surface area contributed by atoms with E-state index in [9.17, 15) is 4.79 Å². The van der Waals surface area contributed by atoms with E-state index in [4.69, 9.17) is 0 Å². The average Bonchev–Trinajstić information content (AvgIpc) is 2.75. The fourth-order valence-electron chi connectivity index (χ4n) is 4.12. The minimum absolute atomic E-state index is 0. The SMILES string of the molecule is CCCCCCCCCCCC[N+](C)(C)Cc1ccc(C(=O)c2ccccc2)cc1.[Br-]. The van der Waals surface area contributed by atoms with E-state index < -0.39 is 0 Å². The van der Waals surface area contributed by atoms with Crippen LogP contribution in [0.2, 0.25) is 0 Å². The lowest BCUT2D eigenvalue weighted by molar-refractivity contribution is -0.903. The molecule has 0 aliphatic rings. The topological polar surface area (TPSA) is 17.1 Å². The lowest BCUT2D eigenvalue weighted by Crippen LogP contribution is -3.00. The lowest BCUT2D eigenvalue weighted by atomic mass is 10.0. The first kappa shape index (κ1) is 27.6. The van der Waals surface area contributed by atoms with Crippen LogP contribution >= 0.6 is 0 Å². The number of rotatable bonds is 15. The molecule has 0 amide bonds. The second-order valence-corrected chi connectivity index (χ2v) is 9.39. The smallest absolute Gasteiger partial charge is 0.193 e. The van der Waals surface area contributed by atoms with E-state index in [1.807, 2.05) is 42.5 Å². The molecule has 0 aliphatic carbocycles. The van der Waals surface area contributed by atoms with Gasteiger partial charge in [0.25, 0.3) is 0 Å². The van der Waals surface area contributed by atoms with Gasteiger partial charge in [0.15, 0.2) is 5.78 Å². The Kier molecular flexibility index (Phi) is 13.7. The number of halogens is 1. The van der Waals surface area contributed by atoms with Crippen LogP contribution < -0.4 is 17.0 Å². The maximum absolute atomic E-state index is 12.6. The van der Waals surface area contributed by atoms with Crippen LogP contribution in [0.15, 0.2) is 54.6 Å². The molecule has 0 N–H and O–H groups in total. The zero-order chi connectivity index (χ0) is 21.7. The van der Waals surface area contributed by atoms with Crippen molar-refractivity contribution in [2.75, 3.05) is 20.6 Å². The first-order chi connectivity index (χ1) is 14.5. The van der Waals surface area contributed by atoms with Gasteiger partial charge >= 0.3 is 0 Å². The fourth-order valence-corrected chi connectivity index (χ4v) is 4.12. The van der Waals surface area contributed by atoms with Gasteiger partial charge in [-0.2, -0.15) is 0 Å². The van der Waals surface area contributed by atoms with Crippen molar-refractivity contribution in [2.24, 2.45) is 0 Å². The van der Waals surface area contributed by atoms with Gasteiger partial charge in [0.05, 0.1) is 20.6 Å². The molecule has 0 radical (unpaired) electrons. The Hall–Kier alpha value is -1.45. The summed E-state index contributed by atoms with van der Waals surface area (Å²) in [5.74, 6) is 0.0984. The van der Waals surface area contributed by atoms with E-state index in [-0.39, 0.29) is 22.8 Å². The Bertz CT molecular complexity index is 724. The van der Waals surface area contributed by atoms with Crippen molar-refractivity contribution in [3.8, 4) is 0 Å². The number of carbonyl (C=O) groups is 1. The molecule has 2 nitrogen and oxygen atoms in total. The van der Waals surface area contributed by atoms with Gasteiger partial charge in [-0.3, -0.25) is 4.79 Å². The number of hydrogen-bond acceptors (Lipinski definition) is 1. The summed E-state index contributed by atoms with van der Waals surface area (Å²) < 4.78 is 1.00. The zero-order valence-electron chi connectivity index (χ0n) is 19.9. The molecule has 172 valence electrons. The molecule has 0 heterocycles. The summed E-state index contributed by atoms with van der Waals surface area (Å²) in [7, 11) is 4.63. The van der Waals surface area contributed by atoms with Crippen LogP contribution in [0.4, 0.5) is 0 Å². The van der Waals surface area contributed by atoms with Crippen LogP contribution in [0.1, 0.15) is 92.6 Å². The molecule has 0 spiro atoms. The molecule has 2 rings (SSSR count). The van der Waals surface area contributed by atoms with Gasteiger partial charge in [0.1, 0.15) is 6.54 Å². The largest absolute Gasteiger partial charge is 1.00 e. The van der Waals surface area contributed by atoms with E-state index in [1.54, 1.807) is 0 Å². The highest BCUT2D eigenvalue weighted by atomic mass is 79.9. The summed E-state index contributed by atoms with van der Waals surface area (Å²) in [5, 5.41) is 0. The summed E-state index contributed by atoms with van der Waals surface area (Å²) in [5.41, 5.74) is 2.82. The van der Waals surface area contributed by atoms with E-state index in [0.717, 1.165) is 22.2 Å². The van der Waals surface area contributed by atoms with Crippen LogP contribution in [-0.4, -0.2) is 30.9 Å². The van der Waals surface area contributed by atoms with Crippen LogP contribution in [-0.2, 0) is 6.54 Å². The molecule has 0 saturated heterocycles. The molecule has 3 heteroatoms. The molecule has 0 bridgehead atoms. The highest BCUT2D eigenvalue weighted by molar-refractivity contribution is 6.08. The normalized spacial score (nSPS) is 11.2. The summed E-state index contributed by atoms with van der Waals surface area (Å²) in [6.07, 6.45) is 13.8. The summed E-state index contributed by atoms with van der Waals surface area (Å²) in [4.78, 5) is 12.6. The van der Waals surface area contributed by atoms with Crippen molar-refractivity contribution < 1.29 is 26.3 Å². The maximum Gasteiger partial charge on any atom is 0.193 e. The van der Waals surface area contributed by atoms with Crippen molar-refractivity contribution in [3.05, 3.63) is 71.3 Å². The predicted molar refractivity (Wildman–Crippen MR) is 129 cm³/mol. The molecule has 0 fully saturated rings. The van der Waals surface area contributed by atoms with Crippen molar-refractivity contribution in [2.45, 2.75) is 77.7 Å². The van der Waals surface area contributed by atoms with Crippen LogP contribution in [0.3, 0.4) is 0 Å². The minimum atomic E-state index is 0. The number of hydrogen-bond donors (Lipinski definition) is 0. The number of carbonyl (C=O) groups excluding carboxylic acids is 1. The Morgan fingerprint density at radius 1 is 0.677 bits per heavy atom. The highest BCUT2D eigenvalue weighted by Gasteiger charge is 2.16. The standard InChI is InChI=1S/C28H42NO.BrH/c1-4-5-6-7-8-9-10-11-12-16-23-29(2,3)24-25-19-21-27(22-20-25)28(30)26-17-14-13-15-18-26;/h13-15,17-22H,4-12,16,23-24H2,1-3H3;1H/q+1;/p-1. The zero-order valence-corrected chi connectivity index (χ0v) is 21.5. The molecule has 0 atom stereocenters. The molecule has 31 heavy (non-hydrogen) atoms. The van der Waals surface area contributed by atoms with Crippen molar-refractivity contribution in [1.82, 2.24) is 0 Å². The van der Waals surface area contributed by atoms with Crippen LogP contribution in [0.25, 0.3) is 0 Å². The monoisotopic (exact) mass is 487 g/mol. The maximum atomic E-state index is 12.6. The van der Waals surface area contributed by atoms with E-state index >= 15 is 0 Å². The number of ketones is 1. The van der Waals surface area contributed by atoms with Crippen molar-refractivity contribution in [1.29, 1.82) is 0 Å². The molecular weight excluding hydrogens is 446 g/mol. The van der Waals surface area contributed by atoms with E-state index in [0.29, 0.717) is 0 Å². The molecule has 2 aromatic rings. The van der Waals surface area contributed by atoms with Crippen molar-refractivity contribution in [3.63, 3.8) is 0 Å². The molecule has 0 saturated carbocycles. The molecular formula is C28H42BrNO. The van der Waals surface area contributed by atoms with E-state index in [1.165, 1.54) is 76.3 Å². The van der Waals surface area contributed by atoms with Gasteiger partial charge in [0, 0.05) is 16.7 Å². The Balaban J connectivity index is 0.00000480. The number of quaternary nitrogens is 1. The fraction of sp³-hybridized carbons (Fsp3) is 0.536. The average molecular weight is 489 g/mol. The second-order valence-electron chi connectivity index (χ2n) is 9.39. The third-order valence-corrected chi connectivity index (χ3v) is 5.98. The Labute approximate surface area is 201 Å². The molecule has 0 aliphatic heterocycles. The van der Waals surface area contributed by atoms with Crippen LogP contribution in [0, 0.1) is 0 Å². The summed E-state index contributed by atoms with van der Waals surface area (Å²) in [6.45, 7) is 4.50. The third-order valence-electron chi connectivity index (χ3n) is 5.98. The third kappa shape index (κ3) is 11.1. The van der Waals surface area contributed by atoms with Gasteiger partial charge in [-0.15, -0.1) is 0 Å². The highest BCUT2D eigenvalue weighted by Crippen LogP contribution is 2.16. The van der Waals surface area contributed by atoms with Gasteiger partial charge in [0.2, 0.25) is 0 Å². The molecule has 2 aromatic carbocycles. The van der Waals surface area contributed by atoms with Gasteiger partial charge in [-0.1, -0.05) is 113 Å². The second kappa shape index (κ2) is 15.4. The van der Waals surface area contributed by atoms with E-state index in [2.05, 4.69) is 33.2 Å². The molecule has 0 aromatic heterocycles. The Morgan fingerprint density at radius 2 is 1.16 bits per heavy atom.